The molecule has 1 heterocycles. The fourth-order valence-electron chi connectivity index (χ4n) is 4.97. The molecule has 0 saturated heterocycles. The molecule has 0 spiro atoms. The lowest BCUT2D eigenvalue weighted by atomic mass is 9.98. The van der Waals surface area contributed by atoms with E-state index < -0.39 is 29.2 Å². The molecule has 0 bridgehead atoms. The maximum absolute atomic E-state index is 13.1. The van der Waals surface area contributed by atoms with Gasteiger partial charge in [-0.05, 0) is 48.6 Å². The van der Waals surface area contributed by atoms with E-state index in [1.807, 2.05) is 43.3 Å². The molecule has 46 heavy (non-hydrogen) atoms. The Morgan fingerprint density at radius 2 is 1.70 bits per heavy atom. The van der Waals surface area contributed by atoms with Crippen molar-refractivity contribution in [3.8, 4) is 11.1 Å². The van der Waals surface area contributed by atoms with Gasteiger partial charge in [0.05, 0.1) is 0 Å². The molecule has 0 saturated carbocycles. The topological polar surface area (TPSA) is 212 Å². The molecular formula is C32H35N7O7. The van der Waals surface area contributed by atoms with E-state index in [2.05, 4.69) is 14.9 Å². The van der Waals surface area contributed by atoms with Gasteiger partial charge in [-0.1, -0.05) is 73.7 Å². The summed E-state index contributed by atoms with van der Waals surface area (Å²) in [7, 11) is 0. The number of carbonyl (C=O) groups is 2. The first-order valence-electron chi connectivity index (χ1n) is 14.3. The highest BCUT2D eigenvalue weighted by Crippen LogP contribution is 2.28. The zero-order valence-corrected chi connectivity index (χ0v) is 25.6. The normalized spacial score (nSPS) is 11.7. The lowest BCUT2D eigenvalue weighted by molar-refractivity contribution is -0.763. The monoisotopic (exact) mass is 629 g/mol. The molecule has 0 aliphatic rings. The summed E-state index contributed by atoms with van der Waals surface area (Å²) >= 11 is 0. The molecule has 0 unspecified atom stereocenters. The Hall–Kier alpha value is -5.60. The number of amides is 1. The summed E-state index contributed by atoms with van der Waals surface area (Å²) in [5.41, 5.74) is 8.02. The van der Waals surface area contributed by atoms with Crippen LogP contribution in [0.3, 0.4) is 0 Å². The average molecular weight is 630 g/mol. The highest BCUT2D eigenvalue weighted by Gasteiger charge is 2.31. The summed E-state index contributed by atoms with van der Waals surface area (Å²) in [6.07, 6.45) is 1.29. The maximum atomic E-state index is 13.1. The number of rotatable bonds is 13. The third kappa shape index (κ3) is 7.54. The molecule has 0 fully saturated rings. The van der Waals surface area contributed by atoms with Crippen molar-refractivity contribution in [2.75, 3.05) is 0 Å². The fourth-order valence-corrected chi connectivity index (χ4v) is 4.97. The van der Waals surface area contributed by atoms with Crippen molar-refractivity contribution >= 4 is 17.7 Å². The predicted octanol–water partition coefficient (Wildman–Crippen LogP) is 3.82. The molecule has 0 radical (unpaired) electrons. The molecule has 0 aliphatic carbocycles. The number of nitrogens with two attached hydrogens (primary N) is 2. The van der Waals surface area contributed by atoms with Crippen LogP contribution in [0.15, 0.2) is 77.9 Å². The number of carboxylic acids is 1. The zero-order valence-electron chi connectivity index (χ0n) is 25.6. The van der Waals surface area contributed by atoms with Gasteiger partial charge in [0.1, 0.15) is 23.7 Å². The Morgan fingerprint density at radius 1 is 1.07 bits per heavy atom. The number of aryl methyl sites for hydroxylation is 1. The largest absolute Gasteiger partial charge is 0.477 e. The summed E-state index contributed by atoms with van der Waals surface area (Å²) in [4.78, 5) is 44.9. The number of aliphatic hydroxyl groups is 1. The summed E-state index contributed by atoms with van der Waals surface area (Å²) < 4.78 is 1.63. The van der Waals surface area contributed by atoms with Gasteiger partial charge < -0.3 is 25.4 Å². The number of hydrazone groups is 1. The minimum atomic E-state index is -1.44. The van der Waals surface area contributed by atoms with Gasteiger partial charge in [-0.2, -0.15) is 5.12 Å². The Labute approximate surface area is 264 Å². The third-order valence-corrected chi connectivity index (χ3v) is 7.11. The first kappa shape index (κ1) is 33.3. The van der Waals surface area contributed by atoms with Gasteiger partial charge in [0, 0.05) is 24.1 Å². The van der Waals surface area contributed by atoms with E-state index in [0.717, 1.165) is 17.5 Å². The van der Waals surface area contributed by atoms with Crippen molar-refractivity contribution in [3.63, 3.8) is 0 Å². The summed E-state index contributed by atoms with van der Waals surface area (Å²) in [5.74, 6) is 4.57. The molecule has 1 amide bonds. The molecular weight excluding hydrogens is 594 g/mol. The van der Waals surface area contributed by atoms with Crippen molar-refractivity contribution in [1.82, 2.24) is 14.7 Å². The van der Waals surface area contributed by atoms with Crippen molar-refractivity contribution in [3.05, 3.63) is 122 Å². The van der Waals surface area contributed by atoms with Crippen molar-refractivity contribution in [2.24, 2.45) is 16.7 Å². The number of carboxylic acid groups (broad SMARTS) is 1. The van der Waals surface area contributed by atoms with Crippen molar-refractivity contribution in [2.45, 2.75) is 52.4 Å². The van der Waals surface area contributed by atoms with E-state index in [1.165, 1.54) is 26.0 Å². The predicted molar refractivity (Wildman–Crippen MR) is 169 cm³/mol. The lowest BCUT2D eigenvalue weighted by Crippen LogP contribution is -2.36. The molecule has 240 valence electrons. The molecule has 4 aromatic rings. The smallest absolute Gasteiger partial charge is 0.354 e. The van der Waals surface area contributed by atoms with Crippen molar-refractivity contribution < 1.29 is 29.7 Å². The van der Waals surface area contributed by atoms with E-state index in [1.54, 1.807) is 28.8 Å². The van der Waals surface area contributed by atoms with Gasteiger partial charge in [-0.15, -0.1) is 15.2 Å². The van der Waals surface area contributed by atoms with Crippen LogP contribution in [0, 0.1) is 10.1 Å². The van der Waals surface area contributed by atoms with E-state index >= 15 is 0 Å². The van der Waals surface area contributed by atoms with Crippen LogP contribution in [0.1, 0.15) is 76.2 Å². The number of hydrogen-bond donors (Lipinski definition) is 4. The second-order valence-electron chi connectivity index (χ2n) is 11.0. The molecule has 6 N–H and O–H groups in total. The number of carbonyl (C=O) groups excluding carboxylic acids is 1. The van der Waals surface area contributed by atoms with Crippen LogP contribution in [0.4, 0.5) is 0 Å². The zero-order chi connectivity index (χ0) is 33.6. The van der Waals surface area contributed by atoms with Gasteiger partial charge in [-0.3, -0.25) is 4.79 Å². The average Bonchev–Trinajstić information content (AvgIpc) is 3.39. The van der Waals surface area contributed by atoms with E-state index in [9.17, 15) is 29.9 Å². The Morgan fingerprint density at radius 3 is 2.30 bits per heavy atom. The van der Waals surface area contributed by atoms with Gasteiger partial charge in [0.25, 0.3) is 11.0 Å². The van der Waals surface area contributed by atoms with Gasteiger partial charge in [0.2, 0.25) is 0 Å². The SMILES string of the molecule is CCCc1nc(C(C)(C)O)c(C(=O)O)n1Cc1ccc(-c2ccccc2/C(N)=N/N(N)C(=O)c2ccccc2CO[N+](=O)[O-])cc1. The number of aromatic nitrogens is 2. The van der Waals surface area contributed by atoms with Gasteiger partial charge in [0.15, 0.2) is 11.5 Å². The quantitative estimate of drug-likeness (QED) is 0.0419. The summed E-state index contributed by atoms with van der Waals surface area (Å²) in [6, 6.07) is 20.7. The van der Waals surface area contributed by atoms with E-state index in [0.29, 0.717) is 28.5 Å². The fraction of sp³-hybridized carbons (Fsp3) is 0.250. The molecule has 14 heteroatoms. The Bertz CT molecular complexity index is 1780. The molecule has 0 atom stereocenters. The van der Waals surface area contributed by atoms with Crippen LogP contribution in [-0.4, -0.2) is 47.7 Å². The number of hydrazine groups is 1. The van der Waals surface area contributed by atoms with Crippen LogP contribution in [0.5, 0.6) is 0 Å². The van der Waals surface area contributed by atoms with E-state index in [4.69, 9.17) is 11.6 Å². The highest BCUT2D eigenvalue weighted by atomic mass is 16.9. The minimum Gasteiger partial charge on any atom is -0.477 e. The number of aromatic carboxylic acids is 1. The first-order chi connectivity index (χ1) is 21.8. The van der Waals surface area contributed by atoms with E-state index in [-0.39, 0.29) is 34.9 Å². The molecule has 14 nitrogen and oxygen atoms in total. The second-order valence-corrected chi connectivity index (χ2v) is 11.0. The number of hydrogen-bond acceptors (Lipinski definition) is 9. The third-order valence-electron chi connectivity index (χ3n) is 7.11. The van der Waals surface area contributed by atoms with Crippen LogP contribution in [-0.2, 0) is 30.0 Å². The van der Waals surface area contributed by atoms with Gasteiger partial charge in [-0.25, -0.2) is 15.6 Å². The summed E-state index contributed by atoms with van der Waals surface area (Å²) in [5, 5.41) is 35.0. The summed E-state index contributed by atoms with van der Waals surface area (Å²) in [6.45, 7) is 4.77. The number of amidine groups is 1. The van der Waals surface area contributed by atoms with Gasteiger partial charge >= 0.3 is 5.97 Å². The van der Waals surface area contributed by atoms with Crippen LogP contribution in [0.25, 0.3) is 11.1 Å². The molecule has 4 rings (SSSR count). The van der Waals surface area contributed by atoms with Crippen LogP contribution >= 0.6 is 0 Å². The van der Waals surface area contributed by atoms with Crippen molar-refractivity contribution in [1.29, 1.82) is 0 Å². The minimum absolute atomic E-state index is 0.0526. The Balaban J connectivity index is 1.61. The number of nitrogens with zero attached hydrogens (tertiary/aromatic N) is 5. The first-order valence-corrected chi connectivity index (χ1v) is 14.3. The van der Waals surface area contributed by atoms with Crippen LogP contribution < -0.4 is 11.6 Å². The molecule has 1 aromatic heterocycles. The molecule has 3 aromatic carbocycles. The molecule has 0 aliphatic heterocycles. The number of benzene rings is 3. The maximum Gasteiger partial charge on any atom is 0.354 e. The highest BCUT2D eigenvalue weighted by molar-refractivity contribution is 6.04. The number of imidazole rings is 1. The van der Waals surface area contributed by atoms with Crippen LogP contribution in [0.2, 0.25) is 0 Å². The standard InChI is InChI=1S/C32H35N7O7/c1-4-9-26-35-28(32(2,3)43)27(31(41)42)37(26)18-20-14-16-21(17-15-20)23-11-7-8-13-25(23)29(33)36-38(34)30(40)24-12-6-5-10-22(24)19-46-39(44)45/h5-8,10-17,43H,4,9,18-19,34H2,1-3H3,(H2,33,36)(H,41,42). The lowest BCUT2D eigenvalue weighted by Gasteiger charge is -2.16. The Kier molecular flexibility index (Phi) is 10.1. The second kappa shape index (κ2) is 14.0.